The van der Waals surface area contributed by atoms with Gasteiger partial charge in [-0.3, -0.25) is 4.79 Å². The van der Waals surface area contributed by atoms with Crippen LogP contribution in [0.3, 0.4) is 0 Å². The number of thioether (sulfide) groups is 1. The minimum absolute atomic E-state index is 0.184. The Morgan fingerprint density at radius 1 is 1.41 bits per heavy atom. The van der Waals surface area contributed by atoms with Gasteiger partial charge in [0.2, 0.25) is 5.91 Å². The fourth-order valence-electron chi connectivity index (χ4n) is 1.89. The highest BCUT2D eigenvalue weighted by Gasteiger charge is 2.16. The predicted octanol–water partition coefficient (Wildman–Crippen LogP) is 0.835. The van der Waals surface area contributed by atoms with Crippen molar-refractivity contribution in [2.45, 2.75) is 43.9 Å². The standard InChI is InChI=1S/C11H21N3O2S/c1-8(14-11(12)16)10(15)13-6-7-17-9-4-2-3-5-9/h8-9H,2-7H2,1H3,(H,13,15)(H3,12,14,16)/t8-/m1/s1. The van der Waals surface area contributed by atoms with E-state index in [-0.39, 0.29) is 5.91 Å². The molecule has 0 aromatic heterocycles. The van der Waals surface area contributed by atoms with Gasteiger partial charge in [-0.2, -0.15) is 11.8 Å². The van der Waals surface area contributed by atoms with E-state index in [4.69, 9.17) is 5.73 Å². The molecule has 17 heavy (non-hydrogen) atoms. The lowest BCUT2D eigenvalue weighted by molar-refractivity contribution is -0.122. The summed E-state index contributed by atoms with van der Waals surface area (Å²) >= 11 is 1.92. The van der Waals surface area contributed by atoms with Crippen molar-refractivity contribution in [3.8, 4) is 0 Å². The second-order valence-electron chi connectivity index (χ2n) is 4.30. The van der Waals surface area contributed by atoms with Gasteiger partial charge in [-0.05, 0) is 19.8 Å². The third kappa shape index (κ3) is 5.81. The van der Waals surface area contributed by atoms with Crippen LogP contribution in [0.4, 0.5) is 4.79 Å². The number of urea groups is 1. The molecule has 1 rings (SSSR count). The molecule has 3 amide bonds. The highest BCUT2D eigenvalue weighted by atomic mass is 32.2. The Bertz CT molecular complexity index is 267. The first-order valence-corrected chi connectivity index (χ1v) is 7.09. The van der Waals surface area contributed by atoms with Gasteiger partial charge in [-0.15, -0.1) is 0 Å². The van der Waals surface area contributed by atoms with Crippen molar-refractivity contribution >= 4 is 23.7 Å². The average molecular weight is 259 g/mol. The molecule has 0 spiro atoms. The largest absolute Gasteiger partial charge is 0.353 e. The van der Waals surface area contributed by atoms with E-state index in [2.05, 4.69) is 10.6 Å². The molecule has 1 aliphatic rings. The maximum atomic E-state index is 11.5. The minimum atomic E-state index is -0.673. The third-order valence-corrected chi connectivity index (χ3v) is 4.19. The second-order valence-corrected chi connectivity index (χ2v) is 5.71. The smallest absolute Gasteiger partial charge is 0.312 e. The van der Waals surface area contributed by atoms with E-state index < -0.39 is 12.1 Å². The molecule has 0 unspecified atom stereocenters. The van der Waals surface area contributed by atoms with Crippen LogP contribution in [0, 0.1) is 0 Å². The average Bonchev–Trinajstić information content (AvgIpc) is 2.75. The molecule has 0 radical (unpaired) electrons. The molecular weight excluding hydrogens is 238 g/mol. The second kappa shape index (κ2) is 7.42. The number of hydrogen-bond donors (Lipinski definition) is 3. The number of amides is 3. The number of carbonyl (C=O) groups excluding carboxylic acids is 2. The molecule has 0 aromatic rings. The molecule has 1 fully saturated rings. The molecule has 1 aliphatic carbocycles. The molecule has 0 heterocycles. The van der Waals surface area contributed by atoms with Gasteiger partial charge < -0.3 is 16.4 Å². The zero-order valence-corrected chi connectivity index (χ0v) is 11.0. The normalized spacial score (nSPS) is 17.7. The van der Waals surface area contributed by atoms with E-state index in [1.165, 1.54) is 25.7 Å². The van der Waals surface area contributed by atoms with Crippen LogP contribution in [-0.2, 0) is 4.79 Å². The van der Waals surface area contributed by atoms with Crippen LogP contribution in [-0.4, -0.2) is 35.5 Å². The number of nitrogens with one attached hydrogen (secondary N) is 2. The van der Waals surface area contributed by atoms with E-state index in [1.807, 2.05) is 11.8 Å². The van der Waals surface area contributed by atoms with Gasteiger partial charge in [0.25, 0.3) is 0 Å². The Kier molecular flexibility index (Phi) is 6.18. The molecule has 0 saturated heterocycles. The lowest BCUT2D eigenvalue weighted by Gasteiger charge is -2.13. The van der Waals surface area contributed by atoms with Crippen molar-refractivity contribution in [2.75, 3.05) is 12.3 Å². The molecule has 1 saturated carbocycles. The molecule has 5 nitrogen and oxygen atoms in total. The fourth-order valence-corrected chi connectivity index (χ4v) is 3.11. The molecule has 98 valence electrons. The molecule has 0 bridgehead atoms. The van der Waals surface area contributed by atoms with Crippen molar-refractivity contribution in [1.82, 2.24) is 10.6 Å². The summed E-state index contributed by atoms with van der Waals surface area (Å²) in [6.45, 7) is 2.26. The summed E-state index contributed by atoms with van der Waals surface area (Å²) in [4.78, 5) is 22.0. The van der Waals surface area contributed by atoms with Gasteiger partial charge in [-0.1, -0.05) is 12.8 Å². The van der Waals surface area contributed by atoms with Gasteiger partial charge in [0, 0.05) is 17.5 Å². The molecule has 0 aromatic carbocycles. The summed E-state index contributed by atoms with van der Waals surface area (Å²) in [6, 6.07) is -1.24. The number of hydrogen-bond acceptors (Lipinski definition) is 3. The van der Waals surface area contributed by atoms with Crippen molar-refractivity contribution in [2.24, 2.45) is 5.73 Å². The number of carbonyl (C=O) groups is 2. The third-order valence-electron chi connectivity index (χ3n) is 2.81. The quantitative estimate of drug-likeness (QED) is 0.618. The first kappa shape index (κ1) is 14.2. The Morgan fingerprint density at radius 3 is 2.65 bits per heavy atom. The number of primary amides is 1. The zero-order chi connectivity index (χ0) is 12.7. The maximum absolute atomic E-state index is 11.5. The van der Waals surface area contributed by atoms with E-state index in [0.717, 1.165) is 11.0 Å². The number of rotatable bonds is 6. The van der Waals surface area contributed by atoms with E-state index in [1.54, 1.807) is 6.92 Å². The lowest BCUT2D eigenvalue weighted by atomic mass is 10.3. The van der Waals surface area contributed by atoms with Crippen molar-refractivity contribution < 1.29 is 9.59 Å². The van der Waals surface area contributed by atoms with Gasteiger partial charge in [0.05, 0.1) is 0 Å². The van der Waals surface area contributed by atoms with Gasteiger partial charge >= 0.3 is 6.03 Å². The SMILES string of the molecule is C[C@@H](NC(N)=O)C(=O)NCCSC1CCCC1. The molecule has 0 aliphatic heterocycles. The predicted molar refractivity (Wildman–Crippen MR) is 69.9 cm³/mol. The molecular formula is C11H21N3O2S. The van der Waals surface area contributed by atoms with Crippen LogP contribution < -0.4 is 16.4 Å². The van der Waals surface area contributed by atoms with Crippen LogP contribution in [0.5, 0.6) is 0 Å². The van der Waals surface area contributed by atoms with Crippen molar-refractivity contribution in [3.63, 3.8) is 0 Å². The van der Waals surface area contributed by atoms with Gasteiger partial charge in [0.1, 0.15) is 6.04 Å². The zero-order valence-electron chi connectivity index (χ0n) is 10.2. The highest BCUT2D eigenvalue weighted by Crippen LogP contribution is 2.28. The Hall–Kier alpha value is -0.910. The maximum Gasteiger partial charge on any atom is 0.312 e. The highest BCUT2D eigenvalue weighted by molar-refractivity contribution is 7.99. The van der Waals surface area contributed by atoms with Crippen LogP contribution >= 0.6 is 11.8 Å². The van der Waals surface area contributed by atoms with E-state index in [9.17, 15) is 9.59 Å². The summed E-state index contributed by atoms with van der Waals surface area (Å²) in [6.07, 6.45) is 5.28. The Labute approximate surface area is 106 Å². The van der Waals surface area contributed by atoms with Gasteiger partial charge in [0.15, 0.2) is 0 Å². The van der Waals surface area contributed by atoms with Crippen LogP contribution in [0.15, 0.2) is 0 Å². The van der Waals surface area contributed by atoms with Crippen molar-refractivity contribution in [1.29, 1.82) is 0 Å². The van der Waals surface area contributed by atoms with Crippen LogP contribution in [0.2, 0.25) is 0 Å². The Balaban J connectivity index is 2.04. The fraction of sp³-hybridized carbons (Fsp3) is 0.818. The minimum Gasteiger partial charge on any atom is -0.353 e. The van der Waals surface area contributed by atoms with Crippen LogP contribution in [0.25, 0.3) is 0 Å². The summed E-state index contributed by atoms with van der Waals surface area (Å²) < 4.78 is 0. The summed E-state index contributed by atoms with van der Waals surface area (Å²) in [5.74, 6) is 0.746. The summed E-state index contributed by atoms with van der Waals surface area (Å²) in [7, 11) is 0. The van der Waals surface area contributed by atoms with Crippen molar-refractivity contribution in [3.05, 3.63) is 0 Å². The first-order chi connectivity index (χ1) is 8.09. The van der Waals surface area contributed by atoms with E-state index >= 15 is 0 Å². The summed E-state index contributed by atoms with van der Waals surface area (Å²) in [5, 5.41) is 5.90. The topological polar surface area (TPSA) is 84.2 Å². The van der Waals surface area contributed by atoms with Crippen LogP contribution in [0.1, 0.15) is 32.6 Å². The van der Waals surface area contributed by atoms with Gasteiger partial charge in [-0.25, -0.2) is 4.79 Å². The first-order valence-electron chi connectivity index (χ1n) is 6.05. The monoisotopic (exact) mass is 259 g/mol. The Morgan fingerprint density at radius 2 is 2.06 bits per heavy atom. The molecule has 6 heteroatoms. The number of nitrogens with two attached hydrogens (primary N) is 1. The molecule has 4 N–H and O–H groups in total. The molecule has 1 atom stereocenters. The van der Waals surface area contributed by atoms with E-state index in [0.29, 0.717) is 6.54 Å². The summed E-state index contributed by atoms with van der Waals surface area (Å²) in [5.41, 5.74) is 4.93. The lowest BCUT2D eigenvalue weighted by Crippen LogP contribution is -2.47.